The molecule has 0 aliphatic carbocycles. The molecule has 3 aromatic carbocycles. The zero-order valence-corrected chi connectivity index (χ0v) is 14.3. The summed E-state index contributed by atoms with van der Waals surface area (Å²) in [6, 6.07) is 11.8. The van der Waals surface area contributed by atoms with E-state index in [1.807, 2.05) is 0 Å². The molecule has 1 N–H and O–H groups in total. The molecule has 0 amide bonds. The van der Waals surface area contributed by atoms with Gasteiger partial charge >= 0.3 is 17.9 Å². The summed E-state index contributed by atoms with van der Waals surface area (Å²) in [7, 11) is -4.02. The first kappa shape index (κ1) is 16.9. The van der Waals surface area contributed by atoms with Gasteiger partial charge in [0.25, 0.3) is 0 Å². The van der Waals surface area contributed by atoms with Crippen molar-refractivity contribution >= 4 is 38.5 Å². The maximum Gasteiger partial charge on any atom is 0.346 e. The number of carboxylic acids is 1. The molecule has 8 heteroatoms. The monoisotopic (exact) mass is 382 g/mol. The van der Waals surface area contributed by atoms with Crippen molar-refractivity contribution in [1.82, 2.24) is 0 Å². The van der Waals surface area contributed by atoms with Crippen LogP contribution in [-0.4, -0.2) is 31.4 Å². The Morgan fingerprint density at radius 1 is 0.852 bits per heavy atom. The van der Waals surface area contributed by atoms with Crippen LogP contribution < -0.4 is 0 Å². The second-order valence-corrected chi connectivity index (χ2v) is 7.77. The average molecular weight is 382 g/mol. The third kappa shape index (κ3) is 2.49. The second kappa shape index (κ2) is 5.75. The number of aromatic carboxylic acids is 1. The minimum atomic E-state index is -4.02. The standard InChI is InChI=1S/C19H10O7S/c20-17(21)10-4-6-11(7-5-10)27(24,25)15-9-8-14-16-12(15)2-1-3-13(16)18(22)26-19(14)23/h1-9H,(H,20,21). The molecule has 3 aromatic rings. The van der Waals surface area contributed by atoms with Gasteiger partial charge in [-0.25, -0.2) is 22.8 Å². The fourth-order valence-corrected chi connectivity index (χ4v) is 4.51. The fourth-order valence-electron chi connectivity index (χ4n) is 3.05. The summed E-state index contributed by atoms with van der Waals surface area (Å²) in [5, 5.41) is 9.40. The molecule has 0 saturated heterocycles. The molecule has 1 aliphatic heterocycles. The van der Waals surface area contributed by atoms with Crippen LogP contribution in [0.2, 0.25) is 0 Å². The van der Waals surface area contributed by atoms with E-state index in [9.17, 15) is 22.8 Å². The topological polar surface area (TPSA) is 115 Å². The second-order valence-electron chi connectivity index (χ2n) is 5.85. The van der Waals surface area contributed by atoms with Crippen LogP contribution in [0.5, 0.6) is 0 Å². The van der Waals surface area contributed by atoms with Gasteiger partial charge in [-0.1, -0.05) is 12.1 Å². The lowest BCUT2D eigenvalue weighted by molar-refractivity contribution is 0.0390. The Balaban J connectivity index is 1.98. The summed E-state index contributed by atoms with van der Waals surface area (Å²) in [5.41, 5.74) is 0.180. The van der Waals surface area contributed by atoms with Crippen LogP contribution in [0.3, 0.4) is 0 Å². The molecule has 1 heterocycles. The summed E-state index contributed by atoms with van der Waals surface area (Å²) in [4.78, 5) is 34.7. The average Bonchev–Trinajstić information content (AvgIpc) is 2.65. The SMILES string of the molecule is O=C(O)c1ccc(S(=O)(=O)c2ccc3c4c(cccc24)C(=O)OC3=O)cc1. The first-order valence-corrected chi connectivity index (χ1v) is 9.20. The molecule has 27 heavy (non-hydrogen) atoms. The smallest absolute Gasteiger partial charge is 0.346 e. The van der Waals surface area contributed by atoms with Gasteiger partial charge in [0, 0.05) is 10.8 Å². The summed E-state index contributed by atoms with van der Waals surface area (Å²) < 4.78 is 30.8. The van der Waals surface area contributed by atoms with E-state index in [2.05, 4.69) is 4.74 Å². The van der Waals surface area contributed by atoms with Crippen LogP contribution in [0.1, 0.15) is 31.1 Å². The Kier molecular flexibility index (Phi) is 3.60. The van der Waals surface area contributed by atoms with Crippen molar-refractivity contribution in [3.8, 4) is 0 Å². The van der Waals surface area contributed by atoms with Gasteiger partial charge in [0.2, 0.25) is 9.84 Å². The molecule has 7 nitrogen and oxygen atoms in total. The molecule has 0 aromatic heterocycles. The lowest BCUT2D eigenvalue weighted by atomic mass is 9.97. The number of carbonyl (C=O) groups is 3. The van der Waals surface area contributed by atoms with E-state index < -0.39 is 27.7 Å². The molecule has 0 unspecified atom stereocenters. The molecule has 0 bridgehead atoms. The Morgan fingerprint density at radius 3 is 2.11 bits per heavy atom. The van der Waals surface area contributed by atoms with Crippen LogP contribution in [0.15, 0.2) is 64.4 Å². The molecule has 134 valence electrons. The van der Waals surface area contributed by atoms with Crippen LogP contribution >= 0.6 is 0 Å². The van der Waals surface area contributed by atoms with Crippen molar-refractivity contribution < 1.29 is 32.6 Å². The van der Waals surface area contributed by atoms with Crippen molar-refractivity contribution in [2.24, 2.45) is 0 Å². The first-order valence-electron chi connectivity index (χ1n) is 7.71. The largest absolute Gasteiger partial charge is 0.478 e. The molecule has 0 saturated carbocycles. The molecular formula is C19H10O7S. The van der Waals surface area contributed by atoms with E-state index in [4.69, 9.17) is 5.11 Å². The van der Waals surface area contributed by atoms with Crippen molar-refractivity contribution in [3.05, 3.63) is 71.3 Å². The van der Waals surface area contributed by atoms with Crippen LogP contribution in [0.25, 0.3) is 10.8 Å². The van der Waals surface area contributed by atoms with Crippen LogP contribution in [0, 0.1) is 0 Å². The number of sulfone groups is 1. The highest BCUT2D eigenvalue weighted by Crippen LogP contribution is 2.35. The number of carboxylic acid groups (broad SMARTS) is 1. The molecule has 0 fully saturated rings. The summed E-state index contributed by atoms with van der Waals surface area (Å²) in [5.74, 6) is -2.84. The molecule has 4 rings (SSSR count). The number of benzene rings is 3. The van der Waals surface area contributed by atoms with Gasteiger partial charge in [0.1, 0.15) is 0 Å². The van der Waals surface area contributed by atoms with E-state index in [0.717, 1.165) is 0 Å². The van der Waals surface area contributed by atoms with Crippen LogP contribution in [0.4, 0.5) is 0 Å². The third-order valence-corrected chi connectivity index (χ3v) is 6.15. The Morgan fingerprint density at radius 2 is 1.48 bits per heavy atom. The Bertz CT molecular complexity index is 1230. The maximum absolute atomic E-state index is 13.1. The Labute approximate surface area is 152 Å². The number of rotatable bonds is 3. The molecule has 1 aliphatic rings. The molecule has 0 spiro atoms. The van der Waals surface area contributed by atoms with E-state index >= 15 is 0 Å². The van der Waals surface area contributed by atoms with Gasteiger partial charge in [-0.2, -0.15) is 0 Å². The summed E-state index contributed by atoms with van der Waals surface area (Å²) >= 11 is 0. The number of hydrogen-bond donors (Lipinski definition) is 1. The van der Waals surface area contributed by atoms with E-state index in [1.54, 1.807) is 0 Å². The van der Waals surface area contributed by atoms with E-state index in [1.165, 1.54) is 54.6 Å². The van der Waals surface area contributed by atoms with E-state index in [0.29, 0.717) is 0 Å². The minimum absolute atomic E-state index is 0.0424. The predicted molar refractivity (Wildman–Crippen MR) is 92.5 cm³/mol. The highest BCUT2D eigenvalue weighted by molar-refractivity contribution is 7.91. The van der Waals surface area contributed by atoms with Gasteiger partial charge in [0.05, 0.1) is 26.5 Å². The third-order valence-electron chi connectivity index (χ3n) is 4.33. The van der Waals surface area contributed by atoms with Crippen molar-refractivity contribution in [2.75, 3.05) is 0 Å². The van der Waals surface area contributed by atoms with Gasteiger partial charge in [-0.05, 0) is 42.5 Å². The number of cyclic esters (lactones) is 2. The number of ether oxygens (including phenoxy) is 1. The lowest BCUT2D eigenvalue weighted by Crippen LogP contribution is -2.20. The number of hydrogen-bond acceptors (Lipinski definition) is 6. The zero-order chi connectivity index (χ0) is 19.3. The minimum Gasteiger partial charge on any atom is -0.478 e. The van der Waals surface area contributed by atoms with Gasteiger partial charge in [0.15, 0.2) is 0 Å². The van der Waals surface area contributed by atoms with Crippen molar-refractivity contribution in [3.63, 3.8) is 0 Å². The van der Waals surface area contributed by atoms with Gasteiger partial charge < -0.3 is 9.84 Å². The molecular weight excluding hydrogens is 372 g/mol. The lowest BCUT2D eigenvalue weighted by Gasteiger charge is -2.17. The predicted octanol–water partition coefficient (Wildman–Crippen LogP) is 2.68. The fraction of sp³-hybridized carbons (Fsp3) is 0. The quantitative estimate of drug-likeness (QED) is 0.547. The molecule has 0 atom stereocenters. The van der Waals surface area contributed by atoms with Crippen molar-refractivity contribution in [1.29, 1.82) is 0 Å². The van der Waals surface area contributed by atoms with Crippen LogP contribution in [-0.2, 0) is 14.6 Å². The normalized spacial score (nSPS) is 13.5. The highest BCUT2D eigenvalue weighted by Gasteiger charge is 2.30. The Hall–Kier alpha value is -3.52. The maximum atomic E-state index is 13.1. The number of esters is 2. The van der Waals surface area contributed by atoms with Gasteiger partial charge in [-0.3, -0.25) is 0 Å². The summed E-state index contributed by atoms with van der Waals surface area (Å²) in [6.07, 6.45) is 0. The van der Waals surface area contributed by atoms with Gasteiger partial charge in [-0.15, -0.1) is 0 Å². The van der Waals surface area contributed by atoms with E-state index in [-0.39, 0.29) is 37.3 Å². The molecule has 0 radical (unpaired) electrons. The first-order chi connectivity index (χ1) is 12.8. The highest BCUT2D eigenvalue weighted by atomic mass is 32.2. The number of carbonyl (C=O) groups excluding carboxylic acids is 2. The van der Waals surface area contributed by atoms with Crippen molar-refractivity contribution in [2.45, 2.75) is 9.79 Å². The summed E-state index contributed by atoms with van der Waals surface area (Å²) in [6.45, 7) is 0. The zero-order valence-electron chi connectivity index (χ0n) is 13.5.